The molecule has 0 spiro atoms. The van der Waals surface area contributed by atoms with Crippen molar-refractivity contribution in [1.82, 2.24) is 30.4 Å². The summed E-state index contributed by atoms with van der Waals surface area (Å²) in [4.78, 5) is 20.0. The van der Waals surface area contributed by atoms with Crippen LogP contribution in [0, 0.1) is 51.7 Å². The molecule has 0 radical (unpaired) electrons. The SMILES string of the molecule is Cc1ccc(-c2csc(Cc3cc(C)c(N)cc3C)n2)nn1.Cc1ccc(-c2csc(Cc3cc(C)c([N+](=O)[O-])cc3C)n2)nn1. The molecule has 2 N–H and O–H groups in total. The normalized spacial score (nSPS) is 10.8. The van der Waals surface area contributed by atoms with Crippen molar-refractivity contribution in [2.75, 3.05) is 5.73 Å². The molecule has 2 aromatic carbocycles. The van der Waals surface area contributed by atoms with Crippen molar-refractivity contribution in [3.8, 4) is 22.8 Å². The lowest BCUT2D eigenvalue weighted by Gasteiger charge is -2.08. The fourth-order valence-electron chi connectivity index (χ4n) is 4.75. The molecule has 234 valence electrons. The number of hydrogen-bond donors (Lipinski definition) is 1. The molecule has 0 bridgehead atoms. The van der Waals surface area contributed by atoms with Crippen molar-refractivity contribution in [1.29, 1.82) is 0 Å². The smallest absolute Gasteiger partial charge is 0.272 e. The number of nitro benzene ring substituents is 1. The Morgan fingerprint density at radius 3 is 1.57 bits per heavy atom. The van der Waals surface area contributed by atoms with Crippen molar-refractivity contribution in [3.05, 3.63) is 124 Å². The van der Waals surface area contributed by atoms with Gasteiger partial charge >= 0.3 is 0 Å². The summed E-state index contributed by atoms with van der Waals surface area (Å²) in [6.45, 7) is 11.6. The highest BCUT2D eigenvalue weighted by Gasteiger charge is 2.15. The predicted octanol–water partition coefficient (Wildman–Crippen LogP) is 7.72. The minimum absolute atomic E-state index is 0.158. The summed E-state index contributed by atoms with van der Waals surface area (Å²) in [6.07, 6.45) is 1.46. The highest BCUT2D eigenvalue weighted by molar-refractivity contribution is 7.10. The Bertz CT molecular complexity index is 2000. The van der Waals surface area contributed by atoms with Crippen LogP contribution in [0.1, 0.15) is 54.8 Å². The fraction of sp³-hybridized carbons (Fsp3) is 0.235. The quantitative estimate of drug-likeness (QED) is 0.104. The average Bonchev–Trinajstić information content (AvgIpc) is 3.69. The molecule has 0 saturated carbocycles. The summed E-state index contributed by atoms with van der Waals surface area (Å²) in [5.41, 5.74) is 18.2. The Labute approximate surface area is 275 Å². The Hall–Kier alpha value is -4.94. The first kappa shape index (κ1) is 32.5. The van der Waals surface area contributed by atoms with E-state index in [1.165, 1.54) is 11.1 Å². The van der Waals surface area contributed by atoms with Gasteiger partial charge in [0.1, 0.15) is 22.8 Å². The van der Waals surface area contributed by atoms with Crippen LogP contribution >= 0.6 is 22.7 Å². The van der Waals surface area contributed by atoms with E-state index in [0.717, 1.165) is 73.0 Å². The van der Waals surface area contributed by atoms with Gasteiger partial charge in [-0.25, -0.2) is 9.97 Å². The number of rotatable bonds is 7. The largest absolute Gasteiger partial charge is 0.399 e. The summed E-state index contributed by atoms with van der Waals surface area (Å²) < 4.78 is 0. The van der Waals surface area contributed by atoms with Gasteiger partial charge in [-0.05, 0) is 106 Å². The number of hydrogen-bond acceptors (Lipinski definition) is 11. The second-order valence-corrected chi connectivity index (χ2v) is 13.1. The lowest BCUT2D eigenvalue weighted by atomic mass is 10.0. The van der Waals surface area contributed by atoms with Crippen molar-refractivity contribution in [2.24, 2.45) is 0 Å². The van der Waals surface area contributed by atoms with Gasteiger partial charge < -0.3 is 5.73 Å². The first-order valence-electron chi connectivity index (χ1n) is 14.6. The van der Waals surface area contributed by atoms with E-state index >= 15 is 0 Å². The van der Waals surface area contributed by atoms with Gasteiger partial charge in [-0.15, -0.1) is 32.9 Å². The van der Waals surface area contributed by atoms with E-state index in [1.807, 2.05) is 74.9 Å². The Kier molecular flexibility index (Phi) is 9.88. The summed E-state index contributed by atoms with van der Waals surface area (Å²) in [6, 6.07) is 15.4. The van der Waals surface area contributed by atoms with Crippen LogP contribution in [0.25, 0.3) is 22.8 Å². The molecule has 0 amide bonds. The van der Waals surface area contributed by atoms with Crippen LogP contribution in [-0.2, 0) is 12.8 Å². The summed E-state index contributed by atoms with van der Waals surface area (Å²) in [7, 11) is 0. The van der Waals surface area contributed by atoms with Crippen LogP contribution < -0.4 is 5.73 Å². The number of aryl methyl sites for hydroxylation is 6. The molecule has 10 nitrogen and oxygen atoms in total. The van der Waals surface area contributed by atoms with E-state index in [-0.39, 0.29) is 10.6 Å². The fourth-order valence-corrected chi connectivity index (χ4v) is 6.38. The highest BCUT2D eigenvalue weighted by Crippen LogP contribution is 2.28. The maximum absolute atomic E-state index is 11.0. The van der Waals surface area contributed by atoms with Gasteiger partial charge in [0, 0.05) is 40.9 Å². The van der Waals surface area contributed by atoms with Crippen LogP contribution in [-0.4, -0.2) is 35.3 Å². The molecular formula is C34H34N8O2S2. The molecule has 12 heteroatoms. The van der Waals surface area contributed by atoms with E-state index in [9.17, 15) is 10.1 Å². The van der Waals surface area contributed by atoms with Gasteiger partial charge in [0.15, 0.2) is 0 Å². The lowest BCUT2D eigenvalue weighted by molar-refractivity contribution is -0.385. The van der Waals surface area contributed by atoms with Crippen molar-refractivity contribution < 1.29 is 4.92 Å². The Balaban J connectivity index is 0.000000182. The zero-order valence-electron chi connectivity index (χ0n) is 26.5. The third-order valence-electron chi connectivity index (χ3n) is 7.48. The molecule has 0 saturated heterocycles. The summed E-state index contributed by atoms with van der Waals surface area (Å²) >= 11 is 3.21. The maximum Gasteiger partial charge on any atom is 0.272 e. The van der Waals surface area contributed by atoms with E-state index in [4.69, 9.17) is 5.73 Å². The van der Waals surface area contributed by atoms with E-state index in [1.54, 1.807) is 35.7 Å². The van der Waals surface area contributed by atoms with Crippen LogP contribution in [0.15, 0.2) is 59.3 Å². The number of nitrogen functional groups attached to an aromatic ring is 1. The first-order chi connectivity index (χ1) is 22.0. The number of nitrogens with two attached hydrogens (primary N) is 1. The van der Waals surface area contributed by atoms with E-state index < -0.39 is 0 Å². The molecule has 0 aliphatic carbocycles. The maximum atomic E-state index is 11.0. The lowest BCUT2D eigenvalue weighted by Crippen LogP contribution is -1.98. The monoisotopic (exact) mass is 650 g/mol. The van der Waals surface area contributed by atoms with Crippen molar-refractivity contribution in [3.63, 3.8) is 0 Å². The molecule has 0 aliphatic rings. The molecule has 6 aromatic rings. The number of anilines is 1. The molecule has 4 aromatic heterocycles. The topological polar surface area (TPSA) is 146 Å². The molecule has 46 heavy (non-hydrogen) atoms. The van der Waals surface area contributed by atoms with Crippen LogP contribution in [0.3, 0.4) is 0 Å². The zero-order valence-corrected chi connectivity index (χ0v) is 28.2. The van der Waals surface area contributed by atoms with Gasteiger partial charge in [0.2, 0.25) is 0 Å². The van der Waals surface area contributed by atoms with Crippen LogP contribution in [0.4, 0.5) is 11.4 Å². The Morgan fingerprint density at radius 1 is 0.630 bits per heavy atom. The minimum atomic E-state index is -0.344. The van der Waals surface area contributed by atoms with E-state index in [2.05, 4.69) is 43.4 Å². The van der Waals surface area contributed by atoms with Crippen LogP contribution in [0.5, 0.6) is 0 Å². The molecule has 0 atom stereocenters. The third-order valence-corrected chi connectivity index (χ3v) is 9.18. The number of thiazole rings is 2. The molecule has 4 heterocycles. The van der Waals surface area contributed by atoms with Crippen molar-refractivity contribution >= 4 is 34.0 Å². The molecule has 0 aliphatic heterocycles. The zero-order chi connectivity index (χ0) is 33.0. The molecule has 0 unspecified atom stereocenters. The Morgan fingerprint density at radius 2 is 1.11 bits per heavy atom. The predicted molar refractivity (Wildman–Crippen MR) is 184 cm³/mol. The number of nitro groups is 1. The minimum Gasteiger partial charge on any atom is -0.399 e. The van der Waals surface area contributed by atoms with Gasteiger partial charge in [-0.1, -0.05) is 6.07 Å². The number of aromatic nitrogens is 6. The summed E-state index contributed by atoms with van der Waals surface area (Å²) in [5.74, 6) is 0. The van der Waals surface area contributed by atoms with Crippen LogP contribution in [0.2, 0.25) is 0 Å². The second kappa shape index (κ2) is 14.0. The standard InChI is InChI=1S/C17H16N4O2S.C17H18N4S/c1-10-7-16(21(22)23)11(2)6-13(10)8-17-18-15(9-24-17)14-5-4-12(3)19-20-14;1-10-7-14(18)11(2)6-13(10)8-17-19-16(9-22-17)15-5-4-12(3)20-21-15/h4-7,9H,8H2,1-3H3;4-7,9H,8,18H2,1-3H3. The number of nitrogens with zero attached hydrogens (tertiary/aromatic N) is 7. The highest BCUT2D eigenvalue weighted by atomic mass is 32.1. The number of benzene rings is 2. The molecular weight excluding hydrogens is 617 g/mol. The molecule has 6 rings (SSSR count). The second-order valence-electron chi connectivity index (χ2n) is 11.2. The van der Waals surface area contributed by atoms with Gasteiger partial charge in [-0.2, -0.15) is 10.2 Å². The van der Waals surface area contributed by atoms with Crippen molar-refractivity contribution in [2.45, 2.75) is 54.4 Å². The van der Waals surface area contributed by atoms with Gasteiger partial charge in [-0.3, -0.25) is 10.1 Å². The third kappa shape index (κ3) is 7.82. The van der Waals surface area contributed by atoms with E-state index in [0.29, 0.717) is 12.0 Å². The molecule has 0 fully saturated rings. The van der Waals surface area contributed by atoms with Gasteiger partial charge in [0.25, 0.3) is 5.69 Å². The average molecular weight is 651 g/mol. The van der Waals surface area contributed by atoms with Gasteiger partial charge in [0.05, 0.1) is 26.3 Å². The summed E-state index contributed by atoms with van der Waals surface area (Å²) in [5, 5.41) is 33.5. The first-order valence-corrected chi connectivity index (χ1v) is 16.3.